The molecule has 17 heavy (non-hydrogen) atoms. The molecule has 3 N–H and O–H groups in total. The van der Waals surface area contributed by atoms with Crippen molar-refractivity contribution in [3.8, 4) is 0 Å². The highest BCUT2D eigenvalue weighted by Gasteiger charge is 2.22. The van der Waals surface area contributed by atoms with Crippen LogP contribution in [0.3, 0.4) is 0 Å². The van der Waals surface area contributed by atoms with Crippen LogP contribution in [0.1, 0.15) is 18.5 Å². The summed E-state index contributed by atoms with van der Waals surface area (Å²) < 4.78 is 0. The number of aromatic nitrogens is 2. The first-order chi connectivity index (χ1) is 8.04. The van der Waals surface area contributed by atoms with Gasteiger partial charge in [0.15, 0.2) is 0 Å². The van der Waals surface area contributed by atoms with Crippen LogP contribution >= 0.6 is 0 Å². The van der Waals surface area contributed by atoms with E-state index in [9.17, 15) is 4.79 Å². The lowest BCUT2D eigenvalue weighted by Gasteiger charge is -2.30. The van der Waals surface area contributed by atoms with Crippen molar-refractivity contribution in [1.29, 1.82) is 0 Å². The number of hydrogen-bond acceptors (Lipinski definition) is 5. The van der Waals surface area contributed by atoms with Crippen LogP contribution in [0.5, 0.6) is 0 Å². The molecular formula is C11H17N5O. The van der Waals surface area contributed by atoms with Gasteiger partial charge in [0, 0.05) is 37.8 Å². The van der Waals surface area contributed by atoms with Crippen molar-refractivity contribution >= 4 is 17.7 Å². The van der Waals surface area contributed by atoms with Crippen molar-refractivity contribution < 1.29 is 4.79 Å². The van der Waals surface area contributed by atoms with Crippen molar-refractivity contribution in [2.24, 2.45) is 0 Å². The molecule has 1 aliphatic rings. The van der Waals surface area contributed by atoms with Gasteiger partial charge in [0.25, 0.3) is 0 Å². The molecular weight excluding hydrogens is 218 g/mol. The molecule has 1 unspecified atom stereocenters. The number of nitrogens with zero attached hydrogens (tertiary/aromatic N) is 3. The Hall–Kier alpha value is -1.85. The molecule has 0 aromatic carbocycles. The van der Waals surface area contributed by atoms with E-state index in [2.05, 4.69) is 15.3 Å². The van der Waals surface area contributed by atoms with Crippen molar-refractivity contribution in [2.45, 2.75) is 25.8 Å². The maximum Gasteiger partial charge on any atom is 0.222 e. The van der Waals surface area contributed by atoms with E-state index in [0.717, 1.165) is 17.9 Å². The number of hydrogen-bond donors (Lipinski definition) is 2. The summed E-state index contributed by atoms with van der Waals surface area (Å²) in [5.74, 6) is 1.19. The second-order valence-electron chi connectivity index (χ2n) is 4.41. The first kappa shape index (κ1) is 11.6. The molecule has 6 heteroatoms. The maximum absolute atomic E-state index is 11.4. The van der Waals surface area contributed by atoms with Crippen LogP contribution in [0.25, 0.3) is 0 Å². The second kappa shape index (κ2) is 4.57. The summed E-state index contributed by atoms with van der Waals surface area (Å²) in [5, 5.41) is 3.29. The molecule has 0 spiro atoms. The molecule has 0 saturated carbocycles. The quantitative estimate of drug-likeness (QED) is 0.775. The number of nitrogens with one attached hydrogen (secondary N) is 1. The molecule has 0 bridgehead atoms. The first-order valence-electron chi connectivity index (χ1n) is 5.66. The van der Waals surface area contributed by atoms with Crippen LogP contribution in [0.2, 0.25) is 0 Å². The Bertz CT molecular complexity index is 414. The van der Waals surface area contributed by atoms with Crippen molar-refractivity contribution in [1.82, 2.24) is 14.9 Å². The lowest BCUT2D eigenvalue weighted by molar-refractivity contribution is -0.132. The van der Waals surface area contributed by atoms with E-state index >= 15 is 0 Å². The van der Waals surface area contributed by atoms with Gasteiger partial charge in [-0.1, -0.05) is 0 Å². The van der Waals surface area contributed by atoms with E-state index in [1.54, 1.807) is 4.90 Å². The third kappa shape index (κ3) is 2.83. The minimum absolute atomic E-state index is 0.196. The van der Waals surface area contributed by atoms with Crippen LogP contribution in [0.4, 0.5) is 11.8 Å². The minimum Gasteiger partial charge on any atom is -0.368 e. The predicted octanol–water partition coefficient (Wildman–Crippen LogP) is 0.400. The molecule has 1 amide bonds. The number of rotatable bonds is 2. The number of amides is 1. The molecule has 2 rings (SSSR count). The standard InChI is InChI=1S/C11H17N5O/c1-7-5-9(15-11(12)13-7)14-8-3-4-10(17)16(2)6-8/h5,8H,3-4,6H2,1-2H3,(H3,12,13,14,15). The van der Waals surface area contributed by atoms with Gasteiger partial charge in [0.2, 0.25) is 11.9 Å². The number of carbonyl (C=O) groups excluding carboxylic acids is 1. The highest BCUT2D eigenvalue weighted by Crippen LogP contribution is 2.15. The second-order valence-corrected chi connectivity index (χ2v) is 4.41. The zero-order chi connectivity index (χ0) is 12.4. The molecule has 92 valence electrons. The SMILES string of the molecule is Cc1cc(NC2CCC(=O)N(C)C2)nc(N)n1. The van der Waals surface area contributed by atoms with Crippen LogP contribution in [-0.4, -0.2) is 40.4 Å². The van der Waals surface area contributed by atoms with Gasteiger partial charge in [-0.15, -0.1) is 0 Å². The smallest absolute Gasteiger partial charge is 0.222 e. The van der Waals surface area contributed by atoms with Gasteiger partial charge in [-0.05, 0) is 13.3 Å². The first-order valence-corrected chi connectivity index (χ1v) is 5.66. The van der Waals surface area contributed by atoms with Gasteiger partial charge in [-0.2, -0.15) is 4.98 Å². The topological polar surface area (TPSA) is 84.1 Å². The Balaban J connectivity index is 2.03. The number of anilines is 2. The zero-order valence-corrected chi connectivity index (χ0v) is 10.1. The summed E-state index contributed by atoms with van der Waals surface area (Å²) in [6.07, 6.45) is 1.40. The number of likely N-dealkylation sites (N-methyl/N-ethyl adjacent to an activating group) is 1. The lowest BCUT2D eigenvalue weighted by Crippen LogP contribution is -2.43. The normalized spacial score (nSPS) is 20.5. The number of likely N-dealkylation sites (tertiary alicyclic amines) is 1. The van der Waals surface area contributed by atoms with Crippen LogP contribution in [0.15, 0.2) is 6.07 Å². The lowest BCUT2D eigenvalue weighted by atomic mass is 10.1. The van der Waals surface area contributed by atoms with Crippen LogP contribution in [0, 0.1) is 6.92 Å². The van der Waals surface area contributed by atoms with Crippen molar-refractivity contribution in [2.75, 3.05) is 24.6 Å². The zero-order valence-electron chi connectivity index (χ0n) is 10.1. The molecule has 6 nitrogen and oxygen atoms in total. The fourth-order valence-corrected chi connectivity index (χ4v) is 2.00. The van der Waals surface area contributed by atoms with Gasteiger partial charge in [-0.3, -0.25) is 4.79 Å². The fraction of sp³-hybridized carbons (Fsp3) is 0.545. The largest absolute Gasteiger partial charge is 0.368 e. The number of nitrogens with two attached hydrogens (primary N) is 1. The number of aryl methyl sites for hydroxylation is 1. The van der Waals surface area contributed by atoms with Gasteiger partial charge >= 0.3 is 0 Å². The molecule has 1 fully saturated rings. The van der Waals surface area contributed by atoms with E-state index in [-0.39, 0.29) is 17.9 Å². The van der Waals surface area contributed by atoms with E-state index in [1.165, 1.54) is 0 Å². The summed E-state index contributed by atoms with van der Waals surface area (Å²) in [6, 6.07) is 2.08. The van der Waals surface area contributed by atoms with Crippen molar-refractivity contribution in [3.05, 3.63) is 11.8 Å². The van der Waals surface area contributed by atoms with Gasteiger partial charge < -0.3 is 16.0 Å². The van der Waals surface area contributed by atoms with Gasteiger partial charge in [0.1, 0.15) is 5.82 Å². The van der Waals surface area contributed by atoms with E-state index in [1.807, 2.05) is 20.0 Å². The number of nitrogen functional groups attached to an aromatic ring is 1. The third-order valence-corrected chi connectivity index (χ3v) is 2.85. The van der Waals surface area contributed by atoms with E-state index < -0.39 is 0 Å². The van der Waals surface area contributed by atoms with Gasteiger partial charge in [-0.25, -0.2) is 4.98 Å². The maximum atomic E-state index is 11.4. The van der Waals surface area contributed by atoms with Crippen LogP contribution < -0.4 is 11.1 Å². The highest BCUT2D eigenvalue weighted by molar-refractivity contribution is 5.77. The molecule has 1 atom stereocenters. The Morgan fingerprint density at radius 1 is 1.53 bits per heavy atom. The molecule has 0 aliphatic carbocycles. The summed E-state index contributed by atoms with van der Waals surface area (Å²) in [7, 11) is 1.82. The minimum atomic E-state index is 0.196. The summed E-state index contributed by atoms with van der Waals surface area (Å²) >= 11 is 0. The Kier molecular flexibility index (Phi) is 3.12. The highest BCUT2D eigenvalue weighted by atomic mass is 16.2. The number of piperidine rings is 1. The summed E-state index contributed by atoms with van der Waals surface area (Å²) in [6.45, 7) is 2.57. The van der Waals surface area contributed by atoms with Crippen molar-refractivity contribution in [3.63, 3.8) is 0 Å². The Morgan fingerprint density at radius 3 is 2.94 bits per heavy atom. The Labute approximate surface area is 100 Å². The van der Waals surface area contributed by atoms with E-state index in [0.29, 0.717) is 13.0 Å². The molecule has 1 saturated heterocycles. The molecule has 2 heterocycles. The number of carbonyl (C=O) groups is 1. The van der Waals surface area contributed by atoms with Crippen LogP contribution in [-0.2, 0) is 4.79 Å². The molecule has 0 radical (unpaired) electrons. The molecule has 1 aliphatic heterocycles. The summed E-state index contributed by atoms with van der Waals surface area (Å²) in [5.41, 5.74) is 6.42. The summed E-state index contributed by atoms with van der Waals surface area (Å²) in [4.78, 5) is 21.2. The van der Waals surface area contributed by atoms with E-state index in [4.69, 9.17) is 5.73 Å². The third-order valence-electron chi connectivity index (χ3n) is 2.85. The Morgan fingerprint density at radius 2 is 2.29 bits per heavy atom. The predicted molar refractivity (Wildman–Crippen MR) is 65.5 cm³/mol. The molecule has 1 aromatic rings. The monoisotopic (exact) mass is 235 g/mol. The average Bonchev–Trinajstić information content (AvgIpc) is 2.22. The fourth-order valence-electron chi connectivity index (χ4n) is 2.00. The van der Waals surface area contributed by atoms with Gasteiger partial charge in [0.05, 0.1) is 0 Å². The molecule has 1 aromatic heterocycles. The average molecular weight is 235 g/mol.